The molecule has 0 bridgehead atoms. The number of sulfonamides is 1. The molecular weight excluding hydrogens is 424 g/mol. The van der Waals surface area contributed by atoms with Gasteiger partial charge in [0.1, 0.15) is 11.9 Å². The molecule has 1 aliphatic rings. The maximum absolute atomic E-state index is 13.0. The monoisotopic (exact) mass is 452 g/mol. The molecule has 168 valence electrons. The van der Waals surface area contributed by atoms with Crippen LogP contribution in [0.15, 0.2) is 70.7 Å². The van der Waals surface area contributed by atoms with Gasteiger partial charge in [-0.15, -0.1) is 0 Å². The maximum Gasteiger partial charge on any atom is 0.263 e. The second-order valence-corrected chi connectivity index (χ2v) is 9.77. The molecule has 0 spiro atoms. The highest BCUT2D eigenvalue weighted by atomic mass is 32.2. The number of nitrogens with one attached hydrogen (secondary N) is 2. The molecule has 8 heteroatoms. The van der Waals surface area contributed by atoms with E-state index in [0.717, 1.165) is 19.4 Å². The van der Waals surface area contributed by atoms with E-state index in [-0.39, 0.29) is 22.6 Å². The summed E-state index contributed by atoms with van der Waals surface area (Å²) in [4.78, 5) is 17.7. The molecule has 0 saturated carbocycles. The minimum atomic E-state index is -3.64. The summed E-state index contributed by atoms with van der Waals surface area (Å²) in [5.74, 6) is 0.0146. The van der Waals surface area contributed by atoms with Crippen LogP contribution in [0, 0.1) is 5.92 Å². The number of rotatable bonds is 8. The summed E-state index contributed by atoms with van der Waals surface area (Å²) < 4.78 is 29.4. The van der Waals surface area contributed by atoms with Gasteiger partial charge in [-0.1, -0.05) is 50.6 Å². The molecule has 4 rings (SSSR count). The average molecular weight is 453 g/mol. The van der Waals surface area contributed by atoms with Crippen LogP contribution in [-0.4, -0.2) is 37.3 Å². The molecule has 7 nitrogen and oxygen atoms in total. The Morgan fingerprint density at radius 2 is 1.88 bits per heavy atom. The third-order valence-electron chi connectivity index (χ3n) is 5.94. The van der Waals surface area contributed by atoms with Crippen molar-refractivity contribution in [2.45, 2.75) is 44.2 Å². The summed E-state index contributed by atoms with van der Waals surface area (Å²) in [6.07, 6.45) is 3.59. The summed E-state index contributed by atoms with van der Waals surface area (Å²) in [6, 6.07) is 16.3. The van der Waals surface area contributed by atoms with E-state index in [4.69, 9.17) is 0 Å². The Morgan fingerprint density at radius 1 is 1.12 bits per heavy atom. The number of hydrogen-bond acceptors (Lipinski definition) is 4. The molecule has 2 atom stereocenters. The third kappa shape index (κ3) is 4.41. The van der Waals surface area contributed by atoms with Crippen LogP contribution >= 0.6 is 0 Å². The van der Waals surface area contributed by atoms with Gasteiger partial charge >= 0.3 is 0 Å². The number of carbonyl (C=O) groups excluding carboxylic acids is 1. The van der Waals surface area contributed by atoms with Crippen molar-refractivity contribution < 1.29 is 13.2 Å². The Balaban J connectivity index is 1.43. The number of aryl methyl sites for hydroxylation is 1. The van der Waals surface area contributed by atoms with Gasteiger partial charge in [0.05, 0.1) is 4.90 Å². The van der Waals surface area contributed by atoms with Gasteiger partial charge < -0.3 is 9.88 Å². The first-order valence-corrected chi connectivity index (χ1v) is 12.4. The standard InChI is InChI=1S/C24H28N4O3S/c1-3-17(2)22(26-23-19-10-5-7-12-21(19)32(30,31)27-23)24(29)25-14-8-15-28-16-13-18-9-4-6-11-20(18)28/h4-7,9-13,16-17,22H,3,8,14-15H2,1-2H3,(H,25,29)(H,26,27)/t17-,22-/m0/s1. The molecule has 2 heterocycles. The minimum Gasteiger partial charge on any atom is -0.354 e. The van der Waals surface area contributed by atoms with Crippen LogP contribution in [0.1, 0.15) is 32.3 Å². The van der Waals surface area contributed by atoms with Crippen molar-refractivity contribution >= 4 is 32.7 Å². The Kier molecular flexibility index (Phi) is 6.32. The SMILES string of the molecule is CC[C@H](C)[C@H](N=C1NS(=O)(=O)c2ccccc21)C(=O)NCCCn1ccc2ccccc21. The highest BCUT2D eigenvalue weighted by Gasteiger charge is 2.33. The first kappa shape index (κ1) is 22.1. The van der Waals surface area contributed by atoms with E-state index < -0.39 is 16.1 Å². The smallest absolute Gasteiger partial charge is 0.263 e. The van der Waals surface area contributed by atoms with Crippen LogP contribution in [0.3, 0.4) is 0 Å². The summed E-state index contributed by atoms with van der Waals surface area (Å²) in [5, 5.41) is 4.19. The molecule has 0 fully saturated rings. The zero-order valence-corrected chi connectivity index (χ0v) is 19.1. The highest BCUT2D eigenvalue weighted by Crippen LogP contribution is 2.24. The lowest BCUT2D eigenvalue weighted by Gasteiger charge is -2.19. The molecule has 2 aromatic carbocycles. The van der Waals surface area contributed by atoms with Crippen LogP contribution in [0.25, 0.3) is 10.9 Å². The second-order valence-electron chi connectivity index (χ2n) is 8.12. The topological polar surface area (TPSA) is 92.6 Å². The average Bonchev–Trinajstić information content (AvgIpc) is 3.32. The van der Waals surface area contributed by atoms with Gasteiger partial charge in [-0.3, -0.25) is 14.5 Å². The number of aliphatic imine (C=N–C) groups is 1. The largest absolute Gasteiger partial charge is 0.354 e. The van der Waals surface area contributed by atoms with Crippen molar-refractivity contribution in [2.75, 3.05) is 6.54 Å². The van der Waals surface area contributed by atoms with E-state index in [1.807, 2.05) is 26.0 Å². The lowest BCUT2D eigenvalue weighted by molar-refractivity contribution is -0.123. The van der Waals surface area contributed by atoms with Gasteiger partial charge in [-0.25, -0.2) is 8.42 Å². The van der Waals surface area contributed by atoms with Crippen molar-refractivity contribution in [3.63, 3.8) is 0 Å². The summed E-state index contributed by atoms with van der Waals surface area (Å²) >= 11 is 0. The quantitative estimate of drug-likeness (QED) is 0.514. The van der Waals surface area contributed by atoms with Gasteiger partial charge in [0.2, 0.25) is 5.91 Å². The number of amidine groups is 1. The number of amides is 1. The predicted octanol–water partition coefficient (Wildman–Crippen LogP) is 3.30. The lowest BCUT2D eigenvalue weighted by Crippen LogP contribution is -2.39. The van der Waals surface area contributed by atoms with Gasteiger partial charge in [-0.2, -0.15) is 0 Å². The van der Waals surface area contributed by atoms with Crippen molar-refractivity contribution in [2.24, 2.45) is 10.9 Å². The van der Waals surface area contributed by atoms with E-state index in [0.29, 0.717) is 12.1 Å². The summed E-state index contributed by atoms with van der Waals surface area (Å²) in [5.41, 5.74) is 1.68. The number of benzene rings is 2. The maximum atomic E-state index is 13.0. The van der Waals surface area contributed by atoms with Crippen molar-refractivity contribution in [3.05, 3.63) is 66.4 Å². The Morgan fingerprint density at radius 3 is 2.69 bits per heavy atom. The van der Waals surface area contributed by atoms with E-state index in [1.165, 1.54) is 10.9 Å². The number of aromatic nitrogens is 1. The van der Waals surface area contributed by atoms with E-state index in [9.17, 15) is 13.2 Å². The fourth-order valence-electron chi connectivity index (χ4n) is 3.94. The normalized spacial score (nSPS) is 17.6. The van der Waals surface area contributed by atoms with Crippen molar-refractivity contribution in [1.29, 1.82) is 0 Å². The summed E-state index contributed by atoms with van der Waals surface area (Å²) in [7, 11) is -3.64. The van der Waals surface area contributed by atoms with Crippen LogP contribution < -0.4 is 10.0 Å². The fourth-order valence-corrected chi connectivity index (χ4v) is 5.18. The molecule has 0 unspecified atom stereocenters. The molecule has 0 saturated heterocycles. The number of nitrogens with zero attached hydrogens (tertiary/aromatic N) is 2. The molecule has 1 aromatic heterocycles. The molecular formula is C24H28N4O3S. The van der Waals surface area contributed by atoms with Crippen LogP contribution in [0.2, 0.25) is 0 Å². The number of para-hydroxylation sites is 1. The van der Waals surface area contributed by atoms with E-state index in [1.54, 1.807) is 24.3 Å². The van der Waals surface area contributed by atoms with Gasteiger partial charge in [0.15, 0.2) is 0 Å². The van der Waals surface area contributed by atoms with Crippen LogP contribution in [0.5, 0.6) is 0 Å². The van der Waals surface area contributed by atoms with Crippen LogP contribution in [-0.2, 0) is 21.4 Å². The number of hydrogen-bond donors (Lipinski definition) is 2. The van der Waals surface area contributed by atoms with Gasteiger partial charge in [0.25, 0.3) is 10.0 Å². The zero-order chi connectivity index (χ0) is 22.7. The number of fused-ring (bicyclic) bond motifs is 2. The third-order valence-corrected chi connectivity index (χ3v) is 7.33. The van der Waals surface area contributed by atoms with Crippen LogP contribution in [0.4, 0.5) is 0 Å². The molecule has 3 aromatic rings. The predicted molar refractivity (Wildman–Crippen MR) is 126 cm³/mol. The molecule has 0 aliphatic carbocycles. The zero-order valence-electron chi connectivity index (χ0n) is 18.3. The highest BCUT2D eigenvalue weighted by molar-refractivity contribution is 7.90. The Labute approximate surface area is 188 Å². The first-order chi connectivity index (χ1) is 15.4. The Bertz CT molecular complexity index is 1260. The van der Waals surface area contributed by atoms with Crippen molar-refractivity contribution in [3.8, 4) is 0 Å². The molecule has 1 amide bonds. The molecule has 0 radical (unpaired) electrons. The first-order valence-electron chi connectivity index (χ1n) is 10.9. The van der Waals surface area contributed by atoms with Gasteiger partial charge in [-0.05, 0) is 42.0 Å². The second kappa shape index (κ2) is 9.16. The van der Waals surface area contributed by atoms with E-state index in [2.05, 4.69) is 44.0 Å². The molecule has 32 heavy (non-hydrogen) atoms. The Hall–Kier alpha value is -3.13. The number of carbonyl (C=O) groups is 1. The lowest BCUT2D eigenvalue weighted by atomic mass is 9.98. The minimum absolute atomic E-state index is 0.0341. The fraction of sp³-hybridized carbons (Fsp3) is 0.333. The van der Waals surface area contributed by atoms with Crippen molar-refractivity contribution in [1.82, 2.24) is 14.6 Å². The summed E-state index contributed by atoms with van der Waals surface area (Å²) in [6.45, 7) is 5.26. The molecule has 2 N–H and O–H groups in total. The molecule has 1 aliphatic heterocycles. The van der Waals surface area contributed by atoms with Gasteiger partial charge in [0, 0.05) is 30.4 Å². The van der Waals surface area contributed by atoms with E-state index >= 15 is 0 Å².